The van der Waals surface area contributed by atoms with Crippen molar-refractivity contribution in [2.24, 2.45) is 0 Å². The van der Waals surface area contributed by atoms with Crippen LogP contribution in [0.2, 0.25) is 0 Å². The van der Waals surface area contributed by atoms with Crippen LogP contribution in [0.15, 0.2) is 36.5 Å². The topological polar surface area (TPSA) is 47.3 Å². The van der Waals surface area contributed by atoms with Crippen molar-refractivity contribution in [3.05, 3.63) is 47.8 Å². The van der Waals surface area contributed by atoms with Crippen molar-refractivity contribution < 1.29 is 23.0 Å². The second-order valence-electron chi connectivity index (χ2n) is 4.21. The maximum Gasteiger partial charge on any atom is 0.435 e. The van der Waals surface area contributed by atoms with Crippen LogP contribution in [0.25, 0.3) is 0 Å². The van der Waals surface area contributed by atoms with E-state index in [-0.39, 0.29) is 6.54 Å². The summed E-state index contributed by atoms with van der Waals surface area (Å²) in [5, 5.41) is 13.4. The first-order valence-electron chi connectivity index (χ1n) is 5.83. The number of aliphatic hydroxyl groups is 1. The van der Waals surface area contributed by atoms with Crippen LogP contribution in [0.5, 0.6) is 5.75 Å². The predicted octanol–water partition coefficient (Wildman–Crippen LogP) is 2.64. The molecule has 1 aromatic heterocycles. The number of alkyl halides is 3. The number of hydrogen-bond donors (Lipinski definition) is 1. The highest BCUT2D eigenvalue weighted by molar-refractivity contribution is 5.29. The lowest BCUT2D eigenvalue weighted by Crippen LogP contribution is -2.12. The third-order valence-electron chi connectivity index (χ3n) is 2.77. The van der Waals surface area contributed by atoms with Gasteiger partial charge in [0, 0.05) is 6.20 Å². The van der Waals surface area contributed by atoms with Crippen molar-refractivity contribution in [3.8, 4) is 5.75 Å². The van der Waals surface area contributed by atoms with Gasteiger partial charge in [0.2, 0.25) is 0 Å². The molecular weight excluding hydrogens is 273 g/mol. The fourth-order valence-corrected chi connectivity index (χ4v) is 1.75. The predicted molar refractivity (Wildman–Crippen MR) is 65.2 cm³/mol. The number of aromatic nitrogens is 2. The molecular formula is C13H13F3N2O2. The summed E-state index contributed by atoms with van der Waals surface area (Å²) < 4.78 is 43.3. The van der Waals surface area contributed by atoms with Crippen LogP contribution in [0.4, 0.5) is 13.2 Å². The fraction of sp³-hybridized carbons (Fsp3) is 0.308. The van der Waals surface area contributed by atoms with Gasteiger partial charge in [-0.15, -0.1) is 0 Å². The fourth-order valence-electron chi connectivity index (χ4n) is 1.75. The van der Waals surface area contributed by atoms with Gasteiger partial charge < -0.3 is 9.84 Å². The van der Waals surface area contributed by atoms with Crippen LogP contribution in [0.1, 0.15) is 17.4 Å². The van der Waals surface area contributed by atoms with Gasteiger partial charge in [-0.3, -0.25) is 4.68 Å². The standard InChI is InChI=1S/C13H13F3N2O2/c1-20-10-4-2-3-9(7-10)11(19)8-18-6-5-12(17-18)13(14,15)16/h2-7,11,19H,8H2,1H3. The molecule has 1 atom stereocenters. The molecule has 0 aliphatic heterocycles. The molecule has 2 aromatic rings. The van der Waals surface area contributed by atoms with Gasteiger partial charge in [0.25, 0.3) is 0 Å². The average Bonchev–Trinajstić information content (AvgIpc) is 2.87. The van der Waals surface area contributed by atoms with Gasteiger partial charge >= 0.3 is 6.18 Å². The van der Waals surface area contributed by atoms with E-state index in [9.17, 15) is 18.3 Å². The Kier molecular flexibility index (Phi) is 3.99. The van der Waals surface area contributed by atoms with Crippen molar-refractivity contribution in [3.63, 3.8) is 0 Å². The second kappa shape index (κ2) is 5.54. The van der Waals surface area contributed by atoms with Crippen LogP contribution in [-0.2, 0) is 12.7 Å². The highest BCUT2D eigenvalue weighted by Crippen LogP contribution is 2.27. The lowest BCUT2D eigenvalue weighted by molar-refractivity contribution is -0.141. The molecule has 0 aliphatic carbocycles. The Labute approximate surface area is 113 Å². The van der Waals surface area contributed by atoms with Crippen LogP contribution in [-0.4, -0.2) is 22.0 Å². The Bertz CT molecular complexity index is 581. The first-order chi connectivity index (χ1) is 9.40. The monoisotopic (exact) mass is 286 g/mol. The Hall–Kier alpha value is -2.02. The van der Waals surface area contributed by atoms with Crippen molar-refractivity contribution in [1.82, 2.24) is 9.78 Å². The minimum Gasteiger partial charge on any atom is -0.497 e. The molecule has 1 N–H and O–H groups in total. The third-order valence-corrected chi connectivity index (χ3v) is 2.77. The summed E-state index contributed by atoms with van der Waals surface area (Å²) in [7, 11) is 1.49. The van der Waals surface area contributed by atoms with Gasteiger partial charge in [0.05, 0.1) is 19.8 Å². The molecule has 0 fully saturated rings. The molecule has 0 saturated carbocycles. The molecule has 1 heterocycles. The molecule has 0 aliphatic rings. The molecule has 20 heavy (non-hydrogen) atoms. The highest BCUT2D eigenvalue weighted by atomic mass is 19.4. The van der Waals surface area contributed by atoms with Crippen LogP contribution in [0, 0.1) is 0 Å². The summed E-state index contributed by atoms with van der Waals surface area (Å²) >= 11 is 0. The van der Waals surface area contributed by atoms with Crippen LogP contribution >= 0.6 is 0 Å². The number of rotatable bonds is 4. The molecule has 1 aromatic carbocycles. The number of nitrogens with zero attached hydrogens (tertiary/aromatic N) is 2. The number of benzene rings is 1. The zero-order valence-electron chi connectivity index (χ0n) is 10.6. The average molecular weight is 286 g/mol. The Balaban J connectivity index is 2.11. The van der Waals surface area contributed by atoms with Crippen molar-refractivity contribution in [2.75, 3.05) is 7.11 Å². The molecule has 0 bridgehead atoms. The summed E-state index contributed by atoms with van der Waals surface area (Å²) in [6.45, 7) is -0.0662. The molecule has 0 spiro atoms. The quantitative estimate of drug-likeness (QED) is 0.940. The Morgan fingerprint density at radius 3 is 2.70 bits per heavy atom. The van der Waals surface area contributed by atoms with E-state index >= 15 is 0 Å². The zero-order valence-corrected chi connectivity index (χ0v) is 10.6. The van der Waals surface area contributed by atoms with E-state index in [1.165, 1.54) is 13.3 Å². The molecule has 108 valence electrons. The largest absolute Gasteiger partial charge is 0.497 e. The summed E-state index contributed by atoms with van der Waals surface area (Å²) in [6.07, 6.45) is -4.26. The van der Waals surface area contributed by atoms with E-state index in [4.69, 9.17) is 4.74 Å². The maximum absolute atomic E-state index is 12.4. The molecule has 2 rings (SSSR count). The number of aliphatic hydroxyl groups excluding tert-OH is 1. The Morgan fingerprint density at radius 2 is 2.10 bits per heavy atom. The van der Waals surface area contributed by atoms with Gasteiger partial charge in [-0.2, -0.15) is 18.3 Å². The van der Waals surface area contributed by atoms with Crippen LogP contribution < -0.4 is 4.74 Å². The summed E-state index contributed by atoms with van der Waals surface area (Å²) in [4.78, 5) is 0. The van der Waals surface area contributed by atoms with Gasteiger partial charge in [-0.1, -0.05) is 12.1 Å². The first kappa shape index (κ1) is 14.4. The summed E-state index contributed by atoms with van der Waals surface area (Å²) in [5.41, 5.74) is -0.427. The lowest BCUT2D eigenvalue weighted by atomic mass is 10.1. The zero-order chi connectivity index (χ0) is 14.8. The molecule has 0 amide bonds. The number of hydrogen-bond acceptors (Lipinski definition) is 3. The Morgan fingerprint density at radius 1 is 1.35 bits per heavy atom. The maximum atomic E-state index is 12.4. The molecule has 0 radical (unpaired) electrons. The lowest BCUT2D eigenvalue weighted by Gasteiger charge is -2.12. The molecule has 7 heteroatoms. The summed E-state index contributed by atoms with van der Waals surface area (Å²) in [6, 6.07) is 7.58. The van der Waals surface area contributed by atoms with Gasteiger partial charge in [0.1, 0.15) is 5.75 Å². The molecule has 1 unspecified atom stereocenters. The van der Waals surface area contributed by atoms with Crippen molar-refractivity contribution in [1.29, 1.82) is 0 Å². The number of halogens is 3. The van der Waals surface area contributed by atoms with Crippen molar-refractivity contribution in [2.45, 2.75) is 18.8 Å². The number of ether oxygens (including phenoxy) is 1. The van der Waals surface area contributed by atoms with E-state index in [0.717, 1.165) is 10.7 Å². The van der Waals surface area contributed by atoms with Gasteiger partial charge in [-0.25, -0.2) is 0 Å². The molecule has 0 saturated heterocycles. The van der Waals surface area contributed by atoms with E-state index in [1.807, 2.05) is 0 Å². The van der Waals surface area contributed by atoms with E-state index < -0.39 is 18.0 Å². The van der Waals surface area contributed by atoms with E-state index in [1.54, 1.807) is 24.3 Å². The first-order valence-corrected chi connectivity index (χ1v) is 5.83. The van der Waals surface area contributed by atoms with Crippen molar-refractivity contribution >= 4 is 0 Å². The van der Waals surface area contributed by atoms with Gasteiger partial charge in [-0.05, 0) is 23.8 Å². The van der Waals surface area contributed by atoms with E-state index in [2.05, 4.69) is 5.10 Å². The second-order valence-corrected chi connectivity index (χ2v) is 4.21. The minimum absolute atomic E-state index is 0.0662. The number of methoxy groups -OCH3 is 1. The van der Waals surface area contributed by atoms with E-state index in [0.29, 0.717) is 11.3 Å². The molecule has 4 nitrogen and oxygen atoms in total. The minimum atomic E-state index is -4.48. The van der Waals surface area contributed by atoms with Crippen LogP contribution in [0.3, 0.4) is 0 Å². The smallest absolute Gasteiger partial charge is 0.435 e. The third kappa shape index (κ3) is 3.30. The SMILES string of the molecule is COc1cccc(C(O)Cn2ccc(C(F)(F)F)n2)c1. The normalized spacial score (nSPS) is 13.2. The van der Waals surface area contributed by atoms with Gasteiger partial charge in [0.15, 0.2) is 5.69 Å². The summed E-state index contributed by atoms with van der Waals surface area (Å²) in [5.74, 6) is 0.568. The highest BCUT2D eigenvalue weighted by Gasteiger charge is 2.33.